The number of aliphatic hydroxyl groups excluding tert-OH is 1. The molecule has 7 heteroatoms. The fraction of sp³-hybridized carbons (Fsp3) is 0.727. The van der Waals surface area contributed by atoms with Crippen molar-refractivity contribution in [1.82, 2.24) is 0 Å². The average Bonchev–Trinajstić information content (AvgIpc) is 2.29. The molecule has 7 nitrogen and oxygen atoms in total. The lowest BCUT2D eigenvalue weighted by Gasteiger charge is -2.22. The van der Waals surface area contributed by atoms with Crippen molar-refractivity contribution in [1.29, 1.82) is 0 Å². The molecule has 0 aromatic carbocycles. The number of ether oxygens (including phenoxy) is 2. The normalized spacial score (nSPS) is 13.6. The Bertz CT molecular complexity index is 313. The van der Waals surface area contributed by atoms with E-state index in [4.69, 9.17) is 5.11 Å². The van der Waals surface area contributed by atoms with Crippen LogP contribution in [0.15, 0.2) is 0 Å². The van der Waals surface area contributed by atoms with Crippen LogP contribution in [0.1, 0.15) is 39.5 Å². The quantitative estimate of drug-likeness (QED) is 0.374. The first-order valence-electron chi connectivity index (χ1n) is 5.69. The highest BCUT2D eigenvalue weighted by molar-refractivity contribution is 5.90. The molecule has 0 saturated carbocycles. The van der Waals surface area contributed by atoms with Gasteiger partial charge in [0.05, 0.1) is 0 Å². The summed E-state index contributed by atoms with van der Waals surface area (Å²) in [6, 6.07) is 0. The maximum atomic E-state index is 11.4. The maximum Gasteiger partial charge on any atom is 0.389 e. The molecule has 0 aliphatic rings. The number of hydrogen-bond acceptors (Lipinski definition) is 7. The predicted molar refractivity (Wildman–Crippen MR) is 59.0 cm³/mol. The number of rotatable bonds is 7. The standard InChI is InChI=1S/C11H18O7/c1-3-5-8(13)17-10(15)11(16,7-12)18-9(14)6-4-2/h12,16H,3-7H2,1-2H3. The highest BCUT2D eigenvalue weighted by Gasteiger charge is 2.42. The molecule has 0 fully saturated rings. The minimum Gasteiger partial charge on any atom is -0.419 e. The van der Waals surface area contributed by atoms with Crippen LogP contribution in [0.25, 0.3) is 0 Å². The summed E-state index contributed by atoms with van der Waals surface area (Å²) in [7, 11) is 0. The van der Waals surface area contributed by atoms with Crippen LogP contribution in [0.2, 0.25) is 0 Å². The summed E-state index contributed by atoms with van der Waals surface area (Å²) in [4.78, 5) is 33.6. The van der Waals surface area contributed by atoms with E-state index in [1.54, 1.807) is 13.8 Å². The Hall–Kier alpha value is -1.47. The first kappa shape index (κ1) is 16.5. The second kappa shape index (κ2) is 7.78. The zero-order chi connectivity index (χ0) is 14.2. The second-order valence-electron chi connectivity index (χ2n) is 3.68. The van der Waals surface area contributed by atoms with Gasteiger partial charge in [-0.05, 0) is 12.8 Å². The number of esters is 3. The Morgan fingerprint density at radius 2 is 1.56 bits per heavy atom. The third-order valence-electron chi connectivity index (χ3n) is 1.93. The molecule has 1 atom stereocenters. The monoisotopic (exact) mass is 262 g/mol. The SMILES string of the molecule is CCCC(=O)OC(=O)C(O)(CO)OC(=O)CCC. The van der Waals surface area contributed by atoms with Crippen molar-refractivity contribution >= 4 is 17.9 Å². The van der Waals surface area contributed by atoms with E-state index >= 15 is 0 Å². The summed E-state index contributed by atoms with van der Waals surface area (Å²) < 4.78 is 8.67. The van der Waals surface area contributed by atoms with E-state index in [1.165, 1.54) is 0 Å². The lowest BCUT2D eigenvalue weighted by atomic mass is 10.3. The minimum atomic E-state index is -2.82. The Kier molecular flexibility index (Phi) is 7.14. The van der Waals surface area contributed by atoms with Crippen LogP contribution in [0.4, 0.5) is 0 Å². The van der Waals surface area contributed by atoms with Gasteiger partial charge >= 0.3 is 23.7 Å². The average molecular weight is 262 g/mol. The van der Waals surface area contributed by atoms with E-state index in [1.807, 2.05) is 0 Å². The van der Waals surface area contributed by atoms with Crippen molar-refractivity contribution in [3.05, 3.63) is 0 Å². The molecule has 0 saturated heterocycles. The highest BCUT2D eigenvalue weighted by Crippen LogP contribution is 2.12. The van der Waals surface area contributed by atoms with Gasteiger partial charge < -0.3 is 19.7 Å². The Morgan fingerprint density at radius 3 is 2.00 bits per heavy atom. The van der Waals surface area contributed by atoms with Crippen molar-refractivity contribution in [3.63, 3.8) is 0 Å². The smallest absolute Gasteiger partial charge is 0.389 e. The van der Waals surface area contributed by atoms with Gasteiger partial charge in [-0.15, -0.1) is 0 Å². The van der Waals surface area contributed by atoms with Crippen LogP contribution in [-0.2, 0) is 23.9 Å². The van der Waals surface area contributed by atoms with Gasteiger partial charge in [-0.25, -0.2) is 4.79 Å². The molecule has 0 aliphatic carbocycles. The van der Waals surface area contributed by atoms with Gasteiger partial charge in [-0.3, -0.25) is 9.59 Å². The molecule has 0 rings (SSSR count). The number of carbonyl (C=O) groups is 3. The van der Waals surface area contributed by atoms with Gasteiger partial charge in [0.25, 0.3) is 0 Å². The van der Waals surface area contributed by atoms with Crippen LogP contribution in [-0.4, -0.2) is 40.5 Å². The van der Waals surface area contributed by atoms with Gasteiger partial charge in [0.15, 0.2) is 0 Å². The minimum absolute atomic E-state index is 0.0177. The topological polar surface area (TPSA) is 110 Å². The molecular weight excluding hydrogens is 244 g/mol. The molecule has 2 N–H and O–H groups in total. The van der Waals surface area contributed by atoms with E-state index < -0.39 is 30.3 Å². The molecule has 0 aliphatic heterocycles. The molecule has 0 aromatic rings. The fourth-order valence-corrected chi connectivity index (χ4v) is 1.02. The summed E-state index contributed by atoms with van der Waals surface area (Å²) in [6.45, 7) is 2.22. The molecule has 0 radical (unpaired) electrons. The summed E-state index contributed by atoms with van der Waals surface area (Å²) in [6.07, 6.45) is 0.859. The number of carbonyl (C=O) groups excluding carboxylic acids is 3. The molecule has 1 unspecified atom stereocenters. The summed E-state index contributed by atoms with van der Waals surface area (Å²) in [5, 5.41) is 18.5. The molecule has 0 amide bonds. The van der Waals surface area contributed by atoms with Gasteiger partial charge in [0, 0.05) is 12.8 Å². The molecule has 104 valence electrons. The molecule has 0 heterocycles. The van der Waals surface area contributed by atoms with Gasteiger partial charge in [0.2, 0.25) is 0 Å². The second-order valence-corrected chi connectivity index (χ2v) is 3.68. The highest BCUT2D eigenvalue weighted by atomic mass is 16.7. The van der Waals surface area contributed by atoms with Crippen molar-refractivity contribution in [2.75, 3.05) is 6.61 Å². The first-order valence-corrected chi connectivity index (χ1v) is 5.69. The third kappa shape index (κ3) is 5.24. The molecule has 0 aromatic heterocycles. The summed E-state index contributed by atoms with van der Waals surface area (Å²) in [5.74, 6) is -6.04. The van der Waals surface area contributed by atoms with Crippen molar-refractivity contribution in [2.45, 2.75) is 45.3 Å². The zero-order valence-corrected chi connectivity index (χ0v) is 10.5. The van der Waals surface area contributed by atoms with Crippen LogP contribution >= 0.6 is 0 Å². The Labute approximate surface area is 105 Å². The van der Waals surface area contributed by atoms with Crippen molar-refractivity contribution < 1.29 is 34.1 Å². The molecular formula is C11H18O7. The van der Waals surface area contributed by atoms with Crippen molar-refractivity contribution in [3.8, 4) is 0 Å². The van der Waals surface area contributed by atoms with Crippen LogP contribution in [0.3, 0.4) is 0 Å². The molecule has 18 heavy (non-hydrogen) atoms. The Balaban J connectivity index is 4.57. The lowest BCUT2D eigenvalue weighted by Crippen LogP contribution is -2.48. The van der Waals surface area contributed by atoms with E-state index in [2.05, 4.69) is 9.47 Å². The fourth-order valence-electron chi connectivity index (χ4n) is 1.02. The lowest BCUT2D eigenvalue weighted by molar-refractivity contribution is -0.236. The Morgan fingerprint density at radius 1 is 1.06 bits per heavy atom. The van der Waals surface area contributed by atoms with E-state index in [0.717, 1.165) is 0 Å². The molecule has 0 bridgehead atoms. The summed E-state index contributed by atoms with van der Waals surface area (Å²) >= 11 is 0. The van der Waals surface area contributed by atoms with Crippen LogP contribution in [0, 0.1) is 0 Å². The number of aliphatic hydroxyl groups is 2. The van der Waals surface area contributed by atoms with E-state index in [9.17, 15) is 19.5 Å². The third-order valence-corrected chi connectivity index (χ3v) is 1.93. The predicted octanol–water partition coefficient (Wildman–Crippen LogP) is -0.120. The van der Waals surface area contributed by atoms with Gasteiger partial charge in [0.1, 0.15) is 6.61 Å². The zero-order valence-electron chi connectivity index (χ0n) is 10.5. The maximum absolute atomic E-state index is 11.4. The van der Waals surface area contributed by atoms with Crippen molar-refractivity contribution in [2.24, 2.45) is 0 Å². The van der Waals surface area contributed by atoms with E-state index in [0.29, 0.717) is 12.8 Å². The van der Waals surface area contributed by atoms with Gasteiger partial charge in [-0.1, -0.05) is 13.8 Å². The largest absolute Gasteiger partial charge is 0.419 e. The van der Waals surface area contributed by atoms with Crippen LogP contribution < -0.4 is 0 Å². The first-order chi connectivity index (χ1) is 8.39. The van der Waals surface area contributed by atoms with Crippen LogP contribution in [0.5, 0.6) is 0 Å². The molecule has 0 spiro atoms. The van der Waals surface area contributed by atoms with E-state index in [-0.39, 0.29) is 12.8 Å². The number of hydrogen-bond donors (Lipinski definition) is 2. The summed E-state index contributed by atoms with van der Waals surface area (Å²) in [5.41, 5.74) is 0. The van der Waals surface area contributed by atoms with Gasteiger partial charge in [-0.2, -0.15) is 0 Å².